The number of nitrogens with zero attached hydrogens (tertiary/aromatic N) is 5. The standard InChI is InChI=1S/C20H14FN5O2S/c1-11(27)26-16-8-7-14(21)9-15(16)17-18(23-20(29-2)25-24-17)28-19(26)13-5-3-12(10-22)4-6-13/h3-9,19H,1-2H3/t19-/m0/s1. The first kappa shape index (κ1) is 18.8. The van der Waals surface area contributed by atoms with Crippen LogP contribution in [-0.4, -0.2) is 27.3 Å². The molecule has 0 bridgehead atoms. The summed E-state index contributed by atoms with van der Waals surface area (Å²) in [4.78, 5) is 18.4. The number of carbonyl (C=O) groups excluding carboxylic acids is 1. The Labute approximate surface area is 170 Å². The van der Waals surface area contributed by atoms with Crippen LogP contribution in [0.4, 0.5) is 10.1 Å². The molecule has 2 aromatic carbocycles. The molecule has 29 heavy (non-hydrogen) atoms. The van der Waals surface area contributed by atoms with E-state index >= 15 is 0 Å². The number of hydrogen-bond donors (Lipinski definition) is 0. The Kier molecular flexibility index (Phi) is 4.86. The second kappa shape index (κ2) is 7.48. The van der Waals surface area contributed by atoms with Crippen LogP contribution < -0.4 is 9.64 Å². The fraction of sp³-hybridized carbons (Fsp3) is 0.150. The fourth-order valence-corrected chi connectivity index (χ4v) is 3.40. The van der Waals surface area contributed by atoms with Gasteiger partial charge in [0.2, 0.25) is 23.2 Å². The average molecular weight is 407 g/mol. The summed E-state index contributed by atoms with van der Waals surface area (Å²) < 4.78 is 20.2. The van der Waals surface area contributed by atoms with Crippen LogP contribution in [0.15, 0.2) is 47.6 Å². The molecule has 0 saturated heterocycles. The summed E-state index contributed by atoms with van der Waals surface area (Å²) >= 11 is 1.29. The maximum absolute atomic E-state index is 14.1. The molecule has 1 atom stereocenters. The first-order valence-electron chi connectivity index (χ1n) is 8.57. The summed E-state index contributed by atoms with van der Waals surface area (Å²) in [5.74, 6) is -0.641. The molecule has 1 aliphatic heterocycles. The highest BCUT2D eigenvalue weighted by Gasteiger charge is 2.34. The molecular formula is C20H14FN5O2S. The van der Waals surface area contributed by atoms with E-state index in [9.17, 15) is 9.18 Å². The summed E-state index contributed by atoms with van der Waals surface area (Å²) in [6.45, 7) is 1.40. The van der Waals surface area contributed by atoms with Crippen molar-refractivity contribution in [2.45, 2.75) is 18.3 Å². The van der Waals surface area contributed by atoms with Crippen LogP contribution in [-0.2, 0) is 4.79 Å². The van der Waals surface area contributed by atoms with E-state index in [-0.39, 0.29) is 17.5 Å². The number of aromatic nitrogens is 3. The van der Waals surface area contributed by atoms with Crippen molar-refractivity contribution < 1.29 is 13.9 Å². The first-order valence-corrected chi connectivity index (χ1v) is 9.79. The van der Waals surface area contributed by atoms with Crippen molar-refractivity contribution in [2.24, 2.45) is 0 Å². The highest BCUT2D eigenvalue weighted by Crippen LogP contribution is 2.43. The van der Waals surface area contributed by atoms with Gasteiger partial charge in [0.25, 0.3) is 0 Å². The minimum Gasteiger partial charge on any atom is -0.447 e. The third-order valence-electron chi connectivity index (χ3n) is 4.41. The van der Waals surface area contributed by atoms with Gasteiger partial charge in [0, 0.05) is 18.1 Å². The number of benzene rings is 2. The molecule has 4 rings (SSSR count). The molecule has 1 aromatic heterocycles. The summed E-state index contributed by atoms with van der Waals surface area (Å²) in [7, 11) is 0. The highest BCUT2D eigenvalue weighted by atomic mass is 32.2. The van der Waals surface area contributed by atoms with Gasteiger partial charge in [0.05, 0.1) is 17.3 Å². The molecule has 0 radical (unpaired) electrons. The third-order valence-corrected chi connectivity index (χ3v) is 4.95. The molecule has 144 valence electrons. The topological polar surface area (TPSA) is 92.0 Å². The van der Waals surface area contributed by atoms with Gasteiger partial charge in [-0.2, -0.15) is 10.2 Å². The maximum atomic E-state index is 14.1. The zero-order chi connectivity index (χ0) is 20.5. The minimum absolute atomic E-state index is 0.148. The molecule has 0 fully saturated rings. The van der Waals surface area contributed by atoms with Crippen molar-refractivity contribution in [1.82, 2.24) is 15.2 Å². The lowest BCUT2D eigenvalue weighted by molar-refractivity contribution is -0.118. The van der Waals surface area contributed by atoms with Crippen molar-refractivity contribution in [3.8, 4) is 23.2 Å². The number of fused-ring (bicyclic) bond motifs is 3. The molecule has 3 aromatic rings. The van der Waals surface area contributed by atoms with E-state index in [1.165, 1.54) is 41.8 Å². The number of ether oxygens (including phenoxy) is 1. The van der Waals surface area contributed by atoms with Gasteiger partial charge in [-0.3, -0.25) is 9.69 Å². The molecular weight excluding hydrogens is 393 g/mol. The molecule has 9 heteroatoms. The second-order valence-electron chi connectivity index (χ2n) is 6.21. The van der Waals surface area contributed by atoms with Crippen LogP contribution >= 0.6 is 11.8 Å². The summed E-state index contributed by atoms with van der Waals surface area (Å²) in [5.41, 5.74) is 2.15. The Morgan fingerprint density at radius 1 is 1.24 bits per heavy atom. The minimum atomic E-state index is -0.878. The zero-order valence-electron chi connectivity index (χ0n) is 15.5. The van der Waals surface area contributed by atoms with Gasteiger partial charge in [0.1, 0.15) is 5.82 Å². The van der Waals surface area contributed by atoms with E-state index in [1.54, 1.807) is 30.5 Å². The number of thioether (sulfide) groups is 1. The number of amides is 1. The van der Waals surface area contributed by atoms with E-state index < -0.39 is 12.0 Å². The van der Waals surface area contributed by atoms with Crippen LogP contribution in [0.1, 0.15) is 24.3 Å². The molecule has 0 spiro atoms. The van der Waals surface area contributed by atoms with Crippen LogP contribution in [0, 0.1) is 17.1 Å². The summed E-state index contributed by atoms with van der Waals surface area (Å²) in [5, 5.41) is 17.7. The monoisotopic (exact) mass is 407 g/mol. The smallest absolute Gasteiger partial charge is 0.247 e. The van der Waals surface area contributed by atoms with Gasteiger partial charge >= 0.3 is 0 Å². The lowest BCUT2D eigenvalue weighted by atomic mass is 10.1. The number of nitriles is 1. The second-order valence-corrected chi connectivity index (χ2v) is 6.98. The Morgan fingerprint density at radius 3 is 2.66 bits per heavy atom. The number of anilines is 1. The van der Waals surface area contributed by atoms with E-state index in [4.69, 9.17) is 10.00 Å². The Balaban J connectivity index is 1.97. The number of hydrogen-bond acceptors (Lipinski definition) is 7. The normalized spacial score (nSPS) is 14.8. The van der Waals surface area contributed by atoms with Crippen molar-refractivity contribution in [1.29, 1.82) is 5.26 Å². The van der Waals surface area contributed by atoms with Gasteiger partial charge in [0.15, 0.2) is 5.69 Å². The van der Waals surface area contributed by atoms with E-state index in [2.05, 4.69) is 21.3 Å². The molecule has 1 amide bonds. The van der Waals surface area contributed by atoms with Crippen LogP contribution in [0.25, 0.3) is 11.3 Å². The first-order chi connectivity index (χ1) is 14.0. The van der Waals surface area contributed by atoms with Crippen LogP contribution in [0.2, 0.25) is 0 Å². The molecule has 0 N–H and O–H groups in total. The molecule has 0 aliphatic carbocycles. The summed E-state index contributed by atoms with van der Waals surface area (Å²) in [6, 6.07) is 12.8. The SMILES string of the molecule is CSc1nnc2c(n1)O[C@@H](c1ccc(C#N)cc1)N(C(C)=O)c1ccc(F)cc1-2. The van der Waals surface area contributed by atoms with Crippen LogP contribution in [0.5, 0.6) is 5.88 Å². The Hall–Kier alpha value is -3.51. The maximum Gasteiger partial charge on any atom is 0.247 e. The molecule has 0 saturated carbocycles. The zero-order valence-corrected chi connectivity index (χ0v) is 16.3. The van der Waals surface area contributed by atoms with Crippen LogP contribution in [0.3, 0.4) is 0 Å². The number of halogens is 1. The van der Waals surface area contributed by atoms with E-state index in [0.717, 1.165) is 0 Å². The molecule has 1 aliphatic rings. The highest BCUT2D eigenvalue weighted by molar-refractivity contribution is 7.98. The van der Waals surface area contributed by atoms with Gasteiger partial charge in [-0.1, -0.05) is 23.9 Å². The summed E-state index contributed by atoms with van der Waals surface area (Å²) in [6.07, 6.45) is 0.922. The largest absolute Gasteiger partial charge is 0.447 e. The van der Waals surface area contributed by atoms with Crippen molar-refractivity contribution in [2.75, 3.05) is 11.2 Å². The van der Waals surface area contributed by atoms with Gasteiger partial charge < -0.3 is 4.74 Å². The Bertz CT molecular complexity index is 1150. The Morgan fingerprint density at radius 2 is 2.00 bits per heavy atom. The van der Waals surface area contributed by atoms with E-state index in [1.807, 2.05) is 0 Å². The lowest BCUT2D eigenvalue weighted by Crippen LogP contribution is -2.36. The van der Waals surface area contributed by atoms with Crippen molar-refractivity contribution in [3.63, 3.8) is 0 Å². The number of carbonyl (C=O) groups is 1. The predicted octanol–water partition coefficient (Wildman–Crippen LogP) is 3.72. The molecule has 7 nitrogen and oxygen atoms in total. The van der Waals surface area contributed by atoms with Crippen molar-refractivity contribution in [3.05, 3.63) is 59.4 Å². The number of rotatable bonds is 2. The lowest BCUT2D eigenvalue weighted by Gasteiger charge is -2.29. The van der Waals surface area contributed by atoms with E-state index in [0.29, 0.717) is 27.5 Å². The average Bonchev–Trinajstić information content (AvgIpc) is 2.87. The predicted molar refractivity (Wildman–Crippen MR) is 105 cm³/mol. The molecule has 2 heterocycles. The third kappa shape index (κ3) is 3.39. The quantitative estimate of drug-likeness (QED) is 0.598. The van der Waals surface area contributed by atoms with Gasteiger partial charge in [-0.15, -0.1) is 10.2 Å². The van der Waals surface area contributed by atoms with Gasteiger partial charge in [-0.25, -0.2) is 4.39 Å². The van der Waals surface area contributed by atoms with Crippen molar-refractivity contribution >= 4 is 23.4 Å². The molecule has 0 unspecified atom stereocenters. The fourth-order valence-electron chi connectivity index (χ4n) is 3.10. The van der Waals surface area contributed by atoms with Gasteiger partial charge in [-0.05, 0) is 36.6 Å².